The van der Waals surface area contributed by atoms with Gasteiger partial charge in [0.1, 0.15) is 0 Å². The van der Waals surface area contributed by atoms with Crippen LogP contribution in [0.5, 0.6) is 0 Å². The number of aliphatic hydroxyl groups excluding tert-OH is 1. The molecule has 4 N–H and O–H groups in total. The van der Waals surface area contributed by atoms with Crippen LogP contribution in [-0.4, -0.2) is 30.2 Å². The highest BCUT2D eigenvalue weighted by atomic mass is 16.2. The summed E-state index contributed by atoms with van der Waals surface area (Å²) >= 11 is 0. The van der Waals surface area contributed by atoms with E-state index in [2.05, 4.69) is 5.32 Å². The maximum Gasteiger partial charge on any atom is 0.234 e. The molecule has 0 radical (unpaired) electrons. The highest BCUT2D eigenvalue weighted by Crippen LogP contribution is 1.91. The van der Waals surface area contributed by atoms with Gasteiger partial charge in [-0.25, -0.2) is 0 Å². The molecule has 0 rings (SSSR count). The van der Waals surface area contributed by atoms with Crippen molar-refractivity contribution in [2.75, 3.05) is 13.2 Å². The Morgan fingerprint density at radius 2 is 2.25 bits per heavy atom. The molecule has 1 amide bonds. The van der Waals surface area contributed by atoms with Crippen molar-refractivity contribution < 1.29 is 9.90 Å². The van der Waals surface area contributed by atoms with Crippen LogP contribution in [0.15, 0.2) is 0 Å². The Morgan fingerprint density at radius 1 is 1.58 bits per heavy atom. The third kappa shape index (κ3) is 5.09. The number of aliphatic hydroxyl groups is 1. The third-order valence-corrected chi connectivity index (χ3v) is 1.73. The van der Waals surface area contributed by atoms with Gasteiger partial charge in [-0.2, -0.15) is 0 Å². The zero-order chi connectivity index (χ0) is 9.40. The summed E-state index contributed by atoms with van der Waals surface area (Å²) in [4.78, 5) is 10.7. The van der Waals surface area contributed by atoms with Crippen LogP contribution >= 0.6 is 0 Å². The van der Waals surface area contributed by atoms with Crippen LogP contribution in [0.1, 0.15) is 26.2 Å². The van der Waals surface area contributed by atoms with Crippen LogP contribution in [0.4, 0.5) is 0 Å². The number of carbonyl (C=O) groups is 1. The first-order valence-electron chi connectivity index (χ1n) is 4.36. The van der Waals surface area contributed by atoms with Crippen molar-refractivity contribution in [2.24, 2.45) is 5.73 Å². The summed E-state index contributed by atoms with van der Waals surface area (Å²) in [5.74, 6) is -0.304. The summed E-state index contributed by atoms with van der Waals surface area (Å²) in [7, 11) is 0. The number of amides is 1. The lowest BCUT2D eigenvalue weighted by Crippen LogP contribution is -2.41. The van der Waals surface area contributed by atoms with Gasteiger partial charge in [0.05, 0.1) is 6.04 Å². The zero-order valence-corrected chi connectivity index (χ0v) is 7.55. The van der Waals surface area contributed by atoms with E-state index in [0.29, 0.717) is 6.42 Å². The van der Waals surface area contributed by atoms with Crippen molar-refractivity contribution >= 4 is 5.91 Å². The Labute approximate surface area is 73.1 Å². The molecule has 0 spiro atoms. The lowest BCUT2D eigenvalue weighted by atomic mass is 10.2. The SMILES string of the molecule is CCC(NCCCCO)C(N)=O. The van der Waals surface area contributed by atoms with Crippen LogP contribution in [0.3, 0.4) is 0 Å². The van der Waals surface area contributed by atoms with Crippen molar-refractivity contribution in [1.82, 2.24) is 5.32 Å². The molecule has 0 aromatic heterocycles. The molecule has 0 saturated carbocycles. The molecule has 72 valence electrons. The summed E-state index contributed by atoms with van der Waals surface area (Å²) in [6, 6.07) is -0.219. The highest BCUT2D eigenvalue weighted by Gasteiger charge is 2.10. The van der Waals surface area contributed by atoms with E-state index in [9.17, 15) is 4.79 Å². The average molecular weight is 174 g/mol. The monoisotopic (exact) mass is 174 g/mol. The summed E-state index contributed by atoms with van der Waals surface area (Å²) in [5, 5.41) is 11.5. The maximum atomic E-state index is 10.7. The summed E-state index contributed by atoms with van der Waals surface area (Å²) in [5.41, 5.74) is 5.11. The number of nitrogens with two attached hydrogens (primary N) is 1. The van der Waals surface area contributed by atoms with Gasteiger partial charge in [-0.05, 0) is 25.8 Å². The molecule has 1 atom stereocenters. The van der Waals surface area contributed by atoms with Gasteiger partial charge in [-0.1, -0.05) is 6.92 Å². The van der Waals surface area contributed by atoms with Gasteiger partial charge >= 0.3 is 0 Å². The fraction of sp³-hybridized carbons (Fsp3) is 0.875. The number of hydrogen-bond donors (Lipinski definition) is 3. The molecule has 4 heteroatoms. The largest absolute Gasteiger partial charge is 0.396 e. The van der Waals surface area contributed by atoms with E-state index in [0.717, 1.165) is 19.4 Å². The highest BCUT2D eigenvalue weighted by molar-refractivity contribution is 5.79. The maximum absolute atomic E-state index is 10.7. The van der Waals surface area contributed by atoms with E-state index in [-0.39, 0.29) is 18.6 Å². The van der Waals surface area contributed by atoms with Crippen LogP contribution in [0, 0.1) is 0 Å². The van der Waals surface area contributed by atoms with Gasteiger partial charge < -0.3 is 16.2 Å². The fourth-order valence-corrected chi connectivity index (χ4v) is 0.959. The molecule has 0 fully saturated rings. The lowest BCUT2D eigenvalue weighted by molar-refractivity contribution is -0.120. The topological polar surface area (TPSA) is 75.3 Å². The molecule has 12 heavy (non-hydrogen) atoms. The second-order valence-corrected chi connectivity index (χ2v) is 2.75. The van der Waals surface area contributed by atoms with E-state index in [1.54, 1.807) is 0 Å². The Kier molecular flexibility index (Phi) is 6.70. The Morgan fingerprint density at radius 3 is 2.67 bits per heavy atom. The standard InChI is InChI=1S/C8H18N2O2/c1-2-7(8(9)12)10-5-3-4-6-11/h7,10-11H,2-6H2,1H3,(H2,9,12). The molecule has 0 aliphatic rings. The Hall–Kier alpha value is -0.610. The predicted molar refractivity (Wildman–Crippen MR) is 47.6 cm³/mol. The van der Waals surface area contributed by atoms with Crippen molar-refractivity contribution in [3.63, 3.8) is 0 Å². The van der Waals surface area contributed by atoms with Crippen molar-refractivity contribution in [3.8, 4) is 0 Å². The minimum absolute atomic E-state index is 0.203. The molecular weight excluding hydrogens is 156 g/mol. The van der Waals surface area contributed by atoms with Gasteiger partial charge in [0.25, 0.3) is 0 Å². The van der Waals surface area contributed by atoms with Crippen molar-refractivity contribution in [2.45, 2.75) is 32.2 Å². The third-order valence-electron chi connectivity index (χ3n) is 1.73. The van der Waals surface area contributed by atoms with E-state index in [1.807, 2.05) is 6.92 Å². The zero-order valence-electron chi connectivity index (χ0n) is 7.55. The molecule has 1 unspecified atom stereocenters. The smallest absolute Gasteiger partial charge is 0.234 e. The van der Waals surface area contributed by atoms with Gasteiger partial charge in [0.15, 0.2) is 0 Å². The summed E-state index contributed by atoms with van der Waals surface area (Å²) in [6.45, 7) is 2.85. The normalized spacial score (nSPS) is 12.8. The molecule has 0 saturated heterocycles. The fourth-order valence-electron chi connectivity index (χ4n) is 0.959. The van der Waals surface area contributed by atoms with Crippen LogP contribution in [0.2, 0.25) is 0 Å². The van der Waals surface area contributed by atoms with Gasteiger partial charge in [-0.3, -0.25) is 4.79 Å². The van der Waals surface area contributed by atoms with E-state index >= 15 is 0 Å². The quantitative estimate of drug-likeness (QED) is 0.460. The molecule has 0 aliphatic carbocycles. The van der Waals surface area contributed by atoms with Crippen LogP contribution in [-0.2, 0) is 4.79 Å². The molecule has 0 aliphatic heterocycles. The predicted octanol–water partition coefficient (Wildman–Crippen LogP) is -0.388. The number of rotatable bonds is 7. The van der Waals surface area contributed by atoms with Crippen LogP contribution < -0.4 is 11.1 Å². The summed E-state index contributed by atoms with van der Waals surface area (Å²) < 4.78 is 0. The van der Waals surface area contributed by atoms with E-state index in [4.69, 9.17) is 10.8 Å². The second-order valence-electron chi connectivity index (χ2n) is 2.75. The Balaban J connectivity index is 3.38. The second kappa shape index (κ2) is 7.06. The van der Waals surface area contributed by atoms with Gasteiger partial charge in [0, 0.05) is 6.61 Å². The lowest BCUT2D eigenvalue weighted by Gasteiger charge is -2.12. The first-order chi connectivity index (χ1) is 5.72. The van der Waals surface area contributed by atoms with Crippen molar-refractivity contribution in [1.29, 1.82) is 0 Å². The number of primary amides is 1. The van der Waals surface area contributed by atoms with Gasteiger partial charge in [-0.15, -0.1) is 0 Å². The van der Waals surface area contributed by atoms with Gasteiger partial charge in [0.2, 0.25) is 5.91 Å². The molecule has 0 aromatic carbocycles. The molecule has 0 heterocycles. The number of unbranched alkanes of at least 4 members (excludes halogenated alkanes) is 1. The van der Waals surface area contributed by atoms with Crippen LogP contribution in [0.25, 0.3) is 0 Å². The first-order valence-corrected chi connectivity index (χ1v) is 4.36. The van der Waals surface area contributed by atoms with E-state index < -0.39 is 0 Å². The molecular formula is C8H18N2O2. The number of nitrogens with one attached hydrogen (secondary N) is 1. The minimum Gasteiger partial charge on any atom is -0.396 e. The average Bonchev–Trinajstić information content (AvgIpc) is 2.04. The Bertz CT molecular complexity index is 128. The molecule has 4 nitrogen and oxygen atoms in total. The minimum atomic E-state index is -0.304. The van der Waals surface area contributed by atoms with Crippen molar-refractivity contribution in [3.05, 3.63) is 0 Å². The number of hydrogen-bond acceptors (Lipinski definition) is 3. The number of carbonyl (C=O) groups excluding carboxylic acids is 1. The summed E-state index contributed by atoms with van der Waals surface area (Å²) in [6.07, 6.45) is 2.36. The first kappa shape index (κ1) is 11.4. The molecule has 0 bridgehead atoms. The van der Waals surface area contributed by atoms with E-state index in [1.165, 1.54) is 0 Å². The molecule has 0 aromatic rings.